The highest BCUT2D eigenvalue weighted by Gasteiger charge is 2.36. The third kappa shape index (κ3) is 5.20. The summed E-state index contributed by atoms with van der Waals surface area (Å²) < 4.78 is 18.5. The van der Waals surface area contributed by atoms with Crippen LogP contribution >= 0.6 is 0 Å². The number of rotatable bonds is 9. The number of aromatic nitrogens is 3. The van der Waals surface area contributed by atoms with Crippen LogP contribution in [-0.4, -0.2) is 44.0 Å². The van der Waals surface area contributed by atoms with Crippen molar-refractivity contribution in [3.05, 3.63) is 71.7 Å². The summed E-state index contributed by atoms with van der Waals surface area (Å²) in [5.74, 6) is 1.61. The van der Waals surface area contributed by atoms with Gasteiger partial charge in [-0.3, -0.25) is 9.59 Å². The van der Waals surface area contributed by atoms with Crippen molar-refractivity contribution in [1.82, 2.24) is 25.2 Å². The first kappa shape index (κ1) is 25.3. The Labute approximate surface area is 220 Å². The van der Waals surface area contributed by atoms with Crippen LogP contribution in [-0.2, 0) is 22.7 Å². The normalized spacial score (nSPS) is 13.5. The third-order valence-corrected chi connectivity index (χ3v) is 6.75. The van der Waals surface area contributed by atoms with E-state index in [9.17, 15) is 9.59 Å². The Morgan fingerprint density at radius 1 is 1.11 bits per heavy atom. The molecule has 10 nitrogen and oxygen atoms in total. The van der Waals surface area contributed by atoms with Gasteiger partial charge in [-0.15, -0.1) is 5.10 Å². The van der Waals surface area contributed by atoms with Crippen molar-refractivity contribution in [1.29, 1.82) is 0 Å². The van der Waals surface area contributed by atoms with E-state index in [4.69, 9.17) is 13.9 Å². The van der Waals surface area contributed by atoms with Crippen LogP contribution in [0, 0.1) is 6.92 Å². The summed E-state index contributed by atoms with van der Waals surface area (Å²) in [4.78, 5) is 29.4. The maximum Gasteiger partial charge on any atom is 0.251 e. The van der Waals surface area contributed by atoms with Gasteiger partial charge in [0.25, 0.3) is 5.91 Å². The number of carbonyl (C=O) groups excluding carboxylic acids is 2. The summed E-state index contributed by atoms with van der Waals surface area (Å²) in [5, 5.41) is 11.4. The van der Waals surface area contributed by atoms with Crippen LogP contribution in [0.25, 0.3) is 11.0 Å². The highest BCUT2D eigenvalue weighted by atomic mass is 16.7. The largest absolute Gasteiger partial charge is 0.464 e. The summed E-state index contributed by atoms with van der Waals surface area (Å²) in [7, 11) is 0. The molecule has 198 valence electrons. The number of furan rings is 1. The van der Waals surface area contributed by atoms with Crippen LogP contribution in [0.2, 0.25) is 0 Å². The lowest BCUT2D eigenvalue weighted by molar-refractivity contribution is -0.143. The van der Waals surface area contributed by atoms with E-state index in [1.54, 1.807) is 29.8 Å². The molecule has 0 aliphatic carbocycles. The lowest BCUT2D eigenvalue weighted by atomic mass is 10.0. The average molecular weight is 518 g/mol. The summed E-state index contributed by atoms with van der Waals surface area (Å²) >= 11 is 0. The summed E-state index contributed by atoms with van der Waals surface area (Å²) in [5.41, 5.74) is 1.71. The molecule has 38 heavy (non-hydrogen) atoms. The Balaban J connectivity index is 1.54. The van der Waals surface area contributed by atoms with E-state index >= 15 is 0 Å². The number of ether oxygens (including phenoxy) is 2. The van der Waals surface area contributed by atoms with E-state index < -0.39 is 11.6 Å². The zero-order valence-corrected chi connectivity index (χ0v) is 21.9. The molecule has 1 aliphatic rings. The lowest BCUT2D eigenvalue weighted by Gasteiger charge is -2.33. The Morgan fingerprint density at radius 2 is 1.89 bits per heavy atom. The van der Waals surface area contributed by atoms with Crippen LogP contribution in [0.5, 0.6) is 11.5 Å². The van der Waals surface area contributed by atoms with Gasteiger partial charge in [-0.1, -0.05) is 30.3 Å². The molecule has 1 atom stereocenters. The topological polar surface area (TPSA) is 112 Å². The Morgan fingerprint density at radius 3 is 2.66 bits per heavy atom. The molecule has 0 saturated heterocycles. The fourth-order valence-electron chi connectivity index (χ4n) is 4.33. The minimum atomic E-state index is -1.01. The van der Waals surface area contributed by atoms with Gasteiger partial charge in [0.2, 0.25) is 12.7 Å². The van der Waals surface area contributed by atoms with Crippen LogP contribution in [0.15, 0.2) is 59.0 Å². The smallest absolute Gasteiger partial charge is 0.251 e. The van der Waals surface area contributed by atoms with Gasteiger partial charge in [0.05, 0.1) is 5.52 Å². The van der Waals surface area contributed by atoms with E-state index in [-0.39, 0.29) is 31.7 Å². The molecule has 0 saturated carbocycles. The Bertz CT molecular complexity index is 1470. The first-order valence-corrected chi connectivity index (χ1v) is 12.6. The van der Waals surface area contributed by atoms with E-state index in [1.165, 1.54) is 4.90 Å². The molecule has 0 fully saturated rings. The second kappa shape index (κ2) is 10.2. The van der Waals surface area contributed by atoms with Crippen LogP contribution < -0.4 is 14.8 Å². The molecule has 0 bridgehead atoms. The van der Waals surface area contributed by atoms with Gasteiger partial charge in [0.1, 0.15) is 23.6 Å². The van der Waals surface area contributed by atoms with E-state index in [0.29, 0.717) is 35.0 Å². The highest BCUT2D eigenvalue weighted by molar-refractivity contribution is 5.89. The molecule has 10 heteroatoms. The van der Waals surface area contributed by atoms with Gasteiger partial charge in [-0.05, 0) is 69.2 Å². The van der Waals surface area contributed by atoms with Gasteiger partial charge >= 0.3 is 0 Å². The number of hydrogen-bond donors (Lipinski definition) is 1. The summed E-state index contributed by atoms with van der Waals surface area (Å²) in [6.07, 6.45) is 0.712. The number of aryl methyl sites for hydroxylation is 1. The number of nitrogens with zero attached hydrogens (tertiary/aromatic N) is 4. The second-order valence-electron chi connectivity index (χ2n) is 10.0. The zero-order chi connectivity index (χ0) is 26.9. The quantitative estimate of drug-likeness (QED) is 0.355. The summed E-state index contributed by atoms with van der Waals surface area (Å²) in [6, 6.07) is 15.4. The van der Waals surface area contributed by atoms with Gasteiger partial charge in [-0.2, -0.15) is 0 Å². The van der Waals surface area contributed by atoms with E-state index in [2.05, 4.69) is 15.6 Å². The zero-order valence-electron chi connectivity index (χ0n) is 21.9. The number of benzene rings is 2. The number of para-hydroxylation sites is 1. The van der Waals surface area contributed by atoms with Crippen LogP contribution in [0.3, 0.4) is 0 Å². The first-order valence-electron chi connectivity index (χ1n) is 12.6. The number of hydrogen-bond acceptors (Lipinski definition) is 7. The Kier molecular flexibility index (Phi) is 6.79. The molecule has 1 aliphatic heterocycles. The van der Waals surface area contributed by atoms with E-state index in [0.717, 1.165) is 11.1 Å². The molecule has 0 spiro atoms. The number of amides is 2. The fraction of sp³-hybridized carbons (Fsp3) is 0.357. The molecule has 3 heterocycles. The maximum atomic E-state index is 14.0. The molecule has 4 aromatic rings. The van der Waals surface area contributed by atoms with Crippen molar-refractivity contribution in [3.8, 4) is 11.5 Å². The SMILES string of the molecule is CCC(C)(C)NC(=O)C(c1ccc(C)o1)N(Cc1ccc2c(c1)OCO2)C(=O)Cn1nnc2ccccc21. The molecule has 2 aromatic heterocycles. The molecule has 5 rings (SSSR count). The average Bonchev–Trinajstić information content (AvgIpc) is 3.63. The van der Waals surface area contributed by atoms with Crippen molar-refractivity contribution in [2.24, 2.45) is 0 Å². The van der Waals surface area contributed by atoms with E-state index in [1.807, 2.05) is 57.2 Å². The van der Waals surface area contributed by atoms with Crippen molar-refractivity contribution >= 4 is 22.8 Å². The molecule has 0 radical (unpaired) electrons. The minimum Gasteiger partial charge on any atom is -0.464 e. The molecular weight excluding hydrogens is 486 g/mol. The lowest BCUT2D eigenvalue weighted by Crippen LogP contribution is -2.50. The third-order valence-electron chi connectivity index (χ3n) is 6.75. The molecular formula is C28H31N5O5. The van der Waals surface area contributed by atoms with Crippen molar-refractivity contribution in [2.45, 2.75) is 58.8 Å². The first-order chi connectivity index (χ1) is 18.2. The highest BCUT2D eigenvalue weighted by Crippen LogP contribution is 2.34. The minimum absolute atomic E-state index is 0.105. The predicted molar refractivity (Wildman–Crippen MR) is 139 cm³/mol. The van der Waals surface area contributed by atoms with Gasteiger partial charge < -0.3 is 24.1 Å². The molecule has 2 aromatic carbocycles. The predicted octanol–water partition coefficient (Wildman–Crippen LogP) is 4.14. The maximum absolute atomic E-state index is 14.0. The van der Waals surface area contributed by atoms with Gasteiger partial charge in [-0.25, -0.2) is 4.68 Å². The van der Waals surface area contributed by atoms with Crippen molar-refractivity contribution < 1.29 is 23.5 Å². The number of fused-ring (bicyclic) bond motifs is 2. The molecule has 2 amide bonds. The summed E-state index contributed by atoms with van der Waals surface area (Å²) in [6.45, 7) is 7.86. The molecule has 1 unspecified atom stereocenters. The van der Waals surface area contributed by atoms with Crippen molar-refractivity contribution in [2.75, 3.05) is 6.79 Å². The van der Waals surface area contributed by atoms with Gasteiger partial charge in [0.15, 0.2) is 17.5 Å². The fourth-order valence-corrected chi connectivity index (χ4v) is 4.33. The van der Waals surface area contributed by atoms with Crippen molar-refractivity contribution in [3.63, 3.8) is 0 Å². The standard InChI is InChI=1S/C28H31N5O5/c1-5-28(3,4)29-27(35)26(23-12-10-18(2)38-23)32(15-19-11-13-22-24(14-19)37-17-36-22)25(34)16-33-21-9-7-6-8-20(21)30-31-33/h6-14,26H,5,15-17H2,1-4H3,(H,29,35). The number of carbonyl (C=O) groups is 2. The molecule has 1 N–H and O–H groups in total. The van der Waals surface area contributed by atoms with Crippen LogP contribution in [0.1, 0.15) is 50.3 Å². The monoisotopic (exact) mass is 517 g/mol. The van der Waals surface area contributed by atoms with Crippen LogP contribution in [0.4, 0.5) is 0 Å². The second-order valence-corrected chi connectivity index (χ2v) is 10.0. The van der Waals surface area contributed by atoms with Gasteiger partial charge in [0, 0.05) is 12.1 Å². The Hall–Kier alpha value is -4.34. The number of nitrogens with one attached hydrogen (secondary N) is 1.